The molecule has 146 valence electrons. The van der Waals surface area contributed by atoms with Crippen LogP contribution < -0.4 is 4.74 Å². The third-order valence-corrected chi connectivity index (χ3v) is 5.00. The number of likely N-dealkylation sites (tertiary alicyclic amines) is 1. The van der Waals surface area contributed by atoms with Crippen LogP contribution in [0.2, 0.25) is 0 Å². The van der Waals surface area contributed by atoms with E-state index in [-0.39, 0.29) is 11.9 Å². The maximum absolute atomic E-state index is 12.9. The topological polar surface area (TPSA) is 99.2 Å². The van der Waals surface area contributed by atoms with Gasteiger partial charge >= 0.3 is 0 Å². The third-order valence-electron chi connectivity index (χ3n) is 5.00. The number of carbonyl (C=O) groups excluding carboxylic acids is 1. The summed E-state index contributed by atoms with van der Waals surface area (Å²) in [6.45, 7) is 5.13. The van der Waals surface area contributed by atoms with Crippen LogP contribution >= 0.6 is 0 Å². The molecule has 1 fully saturated rings. The van der Waals surface area contributed by atoms with E-state index in [4.69, 9.17) is 9.26 Å². The normalized spacial score (nSPS) is 16.5. The van der Waals surface area contributed by atoms with Crippen molar-refractivity contribution in [1.82, 2.24) is 30.0 Å². The van der Waals surface area contributed by atoms with Crippen molar-refractivity contribution in [2.24, 2.45) is 0 Å². The second-order valence-electron chi connectivity index (χ2n) is 6.83. The number of ether oxygens (including phenoxy) is 1. The summed E-state index contributed by atoms with van der Waals surface area (Å²) in [5, 5.41) is 12.2. The molecule has 0 spiro atoms. The third kappa shape index (κ3) is 3.35. The number of aryl methyl sites for hydroxylation is 2. The van der Waals surface area contributed by atoms with Gasteiger partial charge in [0, 0.05) is 25.1 Å². The van der Waals surface area contributed by atoms with Crippen molar-refractivity contribution >= 4 is 5.91 Å². The molecular formula is C19H22N6O3. The van der Waals surface area contributed by atoms with Crippen molar-refractivity contribution in [3.05, 3.63) is 41.3 Å². The molecule has 28 heavy (non-hydrogen) atoms. The number of hydrogen-bond donors (Lipinski definition) is 0. The Kier molecular flexibility index (Phi) is 4.81. The van der Waals surface area contributed by atoms with E-state index in [1.807, 2.05) is 36.9 Å². The van der Waals surface area contributed by atoms with Gasteiger partial charge in [0.2, 0.25) is 0 Å². The van der Waals surface area contributed by atoms with Crippen LogP contribution in [0, 0.1) is 6.92 Å². The fourth-order valence-electron chi connectivity index (χ4n) is 3.37. The minimum atomic E-state index is 0.0208. The van der Waals surface area contributed by atoms with Crippen LogP contribution in [0.4, 0.5) is 0 Å². The lowest BCUT2D eigenvalue weighted by molar-refractivity contribution is 0.0786. The summed E-state index contributed by atoms with van der Waals surface area (Å²) in [7, 11) is 1.62. The van der Waals surface area contributed by atoms with Gasteiger partial charge in [0.15, 0.2) is 11.5 Å². The highest BCUT2D eigenvalue weighted by Crippen LogP contribution is 2.26. The molecule has 0 N–H and O–H groups in total. The van der Waals surface area contributed by atoms with Gasteiger partial charge in [-0.2, -0.15) is 4.98 Å². The molecule has 1 aromatic carbocycles. The van der Waals surface area contributed by atoms with Crippen LogP contribution in [0.15, 0.2) is 28.9 Å². The number of methoxy groups -OCH3 is 1. The second kappa shape index (κ2) is 7.41. The SMILES string of the molecule is CCc1noc(-c2cn([C@@H]3CCN(C(=O)c4ccc(OC)cc4C)C3)nn2)n1. The van der Waals surface area contributed by atoms with Crippen molar-refractivity contribution in [2.75, 3.05) is 20.2 Å². The average Bonchev–Trinajstić information content (AvgIpc) is 3.46. The molecule has 0 bridgehead atoms. The molecule has 1 atom stereocenters. The van der Waals surface area contributed by atoms with Crippen LogP contribution in [0.25, 0.3) is 11.6 Å². The number of nitrogens with zero attached hydrogens (tertiary/aromatic N) is 6. The second-order valence-corrected chi connectivity index (χ2v) is 6.83. The van der Waals surface area contributed by atoms with Gasteiger partial charge in [-0.15, -0.1) is 5.10 Å². The largest absolute Gasteiger partial charge is 0.497 e. The van der Waals surface area contributed by atoms with Gasteiger partial charge in [-0.05, 0) is 37.1 Å². The Morgan fingerprint density at radius 3 is 2.96 bits per heavy atom. The highest BCUT2D eigenvalue weighted by atomic mass is 16.5. The van der Waals surface area contributed by atoms with E-state index in [0.717, 1.165) is 17.7 Å². The van der Waals surface area contributed by atoms with Crippen molar-refractivity contribution in [2.45, 2.75) is 32.7 Å². The Labute approximate surface area is 162 Å². The van der Waals surface area contributed by atoms with E-state index in [1.54, 1.807) is 18.0 Å². The zero-order valence-electron chi connectivity index (χ0n) is 16.1. The van der Waals surface area contributed by atoms with E-state index in [9.17, 15) is 4.79 Å². The van der Waals surface area contributed by atoms with E-state index < -0.39 is 0 Å². The molecule has 9 nitrogen and oxygen atoms in total. The van der Waals surface area contributed by atoms with Crippen LogP contribution in [0.3, 0.4) is 0 Å². The van der Waals surface area contributed by atoms with Crippen molar-refractivity contribution in [3.8, 4) is 17.3 Å². The molecule has 0 unspecified atom stereocenters. The zero-order valence-corrected chi connectivity index (χ0v) is 16.1. The average molecular weight is 382 g/mol. The summed E-state index contributed by atoms with van der Waals surface area (Å²) in [5.74, 6) is 1.77. The summed E-state index contributed by atoms with van der Waals surface area (Å²) in [6, 6.07) is 5.57. The molecule has 9 heteroatoms. The maximum atomic E-state index is 12.9. The molecule has 0 aliphatic carbocycles. The quantitative estimate of drug-likeness (QED) is 0.667. The van der Waals surface area contributed by atoms with E-state index in [2.05, 4.69) is 20.5 Å². The van der Waals surface area contributed by atoms with Crippen LogP contribution in [-0.2, 0) is 6.42 Å². The lowest BCUT2D eigenvalue weighted by atomic mass is 10.1. The lowest BCUT2D eigenvalue weighted by Crippen LogP contribution is -2.29. The molecule has 0 radical (unpaired) electrons. The summed E-state index contributed by atoms with van der Waals surface area (Å²) in [5.41, 5.74) is 2.14. The van der Waals surface area contributed by atoms with Crippen molar-refractivity contribution in [1.29, 1.82) is 0 Å². The number of carbonyl (C=O) groups is 1. The molecule has 4 rings (SSSR count). The molecule has 1 saturated heterocycles. The standard InChI is InChI=1S/C19H22N6O3/c1-4-17-20-18(28-22-17)16-11-25(23-21-16)13-7-8-24(10-13)19(26)15-6-5-14(27-3)9-12(15)2/h5-6,9,11,13H,4,7-8,10H2,1-3H3/t13-/m1/s1. The van der Waals surface area contributed by atoms with Gasteiger partial charge in [-0.25, -0.2) is 4.68 Å². The summed E-state index contributed by atoms with van der Waals surface area (Å²) < 4.78 is 12.2. The molecule has 0 saturated carbocycles. The first-order valence-corrected chi connectivity index (χ1v) is 9.27. The van der Waals surface area contributed by atoms with Gasteiger partial charge in [0.05, 0.1) is 19.3 Å². The first-order valence-electron chi connectivity index (χ1n) is 9.27. The summed E-state index contributed by atoms with van der Waals surface area (Å²) in [4.78, 5) is 19.0. The Hall–Kier alpha value is -3.23. The predicted molar refractivity (Wildman–Crippen MR) is 100.0 cm³/mol. The molecular weight excluding hydrogens is 360 g/mol. The summed E-state index contributed by atoms with van der Waals surface area (Å²) in [6.07, 6.45) is 3.31. The maximum Gasteiger partial charge on any atom is 0.280 e. The van der Waals surface area contributed by atoms with Gasteiger partial charge < -0.3 is 14.2 Å². The minimum absolute atomic E-state index is 0.0208. The van der Waals surface area contributed by atoms with Gasteiger partial charge in [0.25, 0.3) is 11.8 Å². The van der Waals surface area contributed by atoms with Gasteiger partial charge in [-0.3, -0.25) is 4.79 Å². The van der Waals surface area contributed by atoms with Crippen molar-refractivity contribution < 1.29 is 14.1 Å². The number of aromatic nitrogens is 5. The monoisotopic (exact) mass is 382 g/mol. The minimum Gasteiger partial charge on any atom is -0.497 e. The Morgan fingerprint density at radius 2 is 2.25 bits per heavy atom. The van der Waals surface area contributed by atoms with Crippen LogP contribution in [-0.4, -0.2) is 56.1 Å². The molecule has 3 heterocycles. The molecule has 1 aliphatic heterocycles. The van der Waals surface area contributed by atoms with Crippen LogP contribution in [0.1, 0.15) is 41.1 Å². The van der Waals surface area contributed by atoms with Crippen molar-refractivity contribution in [3.63, 3.8) is 0 Å². The van der Waals surface area contributed by atoms with Gasteiger partial charge in [0.1, 0.15) is 5.75 Å². The first-order chi connectivity index (χ1) is 13.6. The highest BCUT2D eigenvalue weighted by molar-refractivity contribution is 5.96. The number of benzene rings is 1. The van der Waals surface area contributed by atoms with Gasteiger partial charge in [-0.1, -0.05) is 17.3 Å². The zero-order chi connectivity index (χ0) is 19.7. The van der Waals surface area contributed by atoms with E-state index in [0.29, 0.717) is 42.5 Å². The van der Waals surface area contributed by atoms with Crippen LogP contribution in [0.5, 0.6) is 5.75 Å². The lowest BCUT2D eigenvalue weighted by Gasteiger charge is -2.18. The molecule has 2 aromatic heterocycles. The molecule has 3 aromatic rings. The molecule has 1 aliphatic rings. The van der Waals surface area contributed by atoms with E-state index >= 15 is 0 Å². The predicted octanol–water partition coefficient (Wildman–Crippen LogP) is 2.29. The Balaban J connectivity index is 1.46. The number of rotatable bonds is 5. The fourth-order valence-corrected chi connectivity index (χ4v) is 3.37. The first kappa shape index (κ1) is 18.1. The molecule has 1 amide bonds. The number of hydrogen-bond acceptors (Lipinski definition) is 7. The van der Waals surface area contributed by atoms with E-state index in [1.165, 1.54) is 0 Å². The number of amides is 1. The highest BCUT2D eigenvalue weighted by Gasteiger charge is 2.30. The summed E-state index contributed by atoms with van der Waals surface area (Å²) >= 11 is 0. The Bertz CT molecular complexity index is 995. The fraction of sp³-hybridized carbons (Fsp3) is 0.421. The Morgan fingerprint density at radius 1 is 1.39 bits per heavy atom. The smallest absolute Gasteiger partial charge is 0.280 e.